The van der Waals surface area contributed by atoms with E-state index in [4.69, 9.17) is 9.47 Å². The molecule has 0 spiro atoms. The van der Waals surface area contributed by atoms with E-state index < -0.39 is 0 Å². The van der Waals surface area contributed by atoms with Gasteiger partial charge in [0.25, 0.3) is 0 Å². The van der Waals surface area contributed by atoms with Crippen LogP contribution in [0.5, 0.6) is 11.5 Å². The number of nitrogens with one attached hydrogen (secondary N) is 4. The summed E-state index contributed by atoms with van der Waals surface area (Å²) in [6.07, 6.45) is 0. The molecular weight excluding hydrogens is 408 g/mol. The van der Waals surface area contributed by atoms with Gasteiger partial charge in [-0.15, -0.1) is 0 Å². The normalized spacial score (nSPS) is 10.2. The monoisotopic (exact) mass is 436 g/mol. The summed E-state index contributed by atoms with van der Waals surface area (Å²) in [4.78, 5) is 21.1. The van der Waals surface area contributed by atoms with Crippen LogP contribution in [0.3, 0.4) is 0 Å². The number of aromatic nitrogens is 2. The van der Waals surface area contributed by atoms with Crippen LogP contribution >= 0.6 is 0 Å². The molecule has 0 bridgehead atoms. The van der Waals surface area contributed by atoms with Crippen LogP contribution in [0.2, 0.25) is 0 Å². The van der Waals surface area contributed by atoms with Crippen LogP contribution in [0, 0.1) is 13.8 Å². The quantitative estimate of drug-likeness (QED) is 0.374. The maximum absolute atomic E-state index is 12.2. The molecule has 0 atom stereocenters. The lowest BCUT2D eigenvalue weighted by Crippen LogP contribution is -2.32. The van der Waals surface area contributed by atoms with Gasteiger partial charge in [0.15, 0.2) is 0 Å². The molecule has 3 aromatic rings. The molecule has 0 aliphatic heterocycles. The number of nitrogens with zero attached hydrogens (tertiary/aromatic N) is 2. The van der Waals surface area contributed by atoms with Gasteiger partial charge < -0.3 is 30.7 Å². The lowest BCUT2D eigenvalue weighted by molar-refractivity contribution is 0.252. The van der Waals surface area contributed by atoms with E-state index in [9.17, 15) is 4.79 Å². The summed E-state index contributed by atoms with van der Waals surface area (Å²) in [5, 5.41) is 12.0. The van der Waals surface area contributed by atoms with Gasteiger partial charge in [0.05, 0.1) is 14.2 Å². The molecule has 1 heterocycles. The highest BCUT2D eigenvalue weighted by atomic mass is 16.5. The molecule has 1 aromatic heterocycles. The summed E-state index contributed by atoms with van der Waals surface area (Å²) in [7, 11) is 3.11. The van der Waals surface area contributed by atoms with Crippen molar-refractivity contribution in [3.63, 3.8) is 0 Å². The zero-order chi connectivity index (χ0) is 22.9. The van der Waals surface area contributed by atoms with E-state index in [-0.39, 0.29) is 6.03 Å². The van der Waals surface area contributed by atoms with Gasteiger partial charge in [-0.05, 0) is 26.0 Å². The van der Waals surface area contributed by atoms with Crippen molar-refractivity contribution in [3.05, 3.63) is 59.8 Å². The Kier molecular flexibility index (Phi) is 7.69. The Morgan fingerprint density at radius 3 is 2.22 bits per heavy atom. The van der Waals surface area contributed by atoms with E-state index in [2.05, 4.69) is 31.2 Å². The third kappa shape index (κ3) is 6.76. The van der Waals surface area contributed by atoms with E-state index in [1.54, 1.807) is 32.4 Å². The topological polar surface area (TPSA) is 109 Å². The Labute approximate surface area is 187 Å². The van der Waals surface area contributed by atoms with Crippen molar-refractivity contribution in [3.8, 4) is 11.5 Å². The van der Waals surface area contributed by atoms with Gasteiger partial charge in [-0.1, -0.05) is 17.7 Å². The molecule has 0 fully saturated rings. The van der Waals surface area contributed by atoms with Crippen LogP contribution in [0.4, 0.5) is 27.9 Å². The van der Waals surface area contributed by atoms with Crippen LogP contribution in [0.1, 0.15) is 11.3 Å². The van der Waals surface area contributed by atoms with E-state index in [0.717, 1.165) is 11.4 Å². The van der Waals surface area contributed by atoms with E-state index in [1.807, 2.05) is 44.2 Å². The zero-order valence-corrected chi connectivity index (χ0v) is 18.7. The summed E-state index contributed by atoms with van der Waals surface area (Å²) < 4.78 is 10.4. The molecule has 32 heavy (non-hydrogen) atoms. The Hall–Kier alpha value is -4.01. The molecule has 9 nitrogen and oxygen atoms in total. The second kappa shape index (κ2) is 10.9. The van der Waals surface area contributed by atoms with Gasteiger partial charge in [0, 0.05) is 54.4 Å². The number of aryl methyl sites for hydroxylation is 2. The molecule has 0 radical (unpaired) electrons. The number of carbonyl (C=O) groups is 1. The van der Waals surface area contributed by atoms with Crippen LogP contribution in [0.25, 0.3) is 0 Å². The number of anilines is 4. The molecule has 3 rings (SSSR count). The highest BCUT2D eigenvalue weighted by Gasteiger charge is 2.07. The summed E-state index contributed by atoms with van der Waals surface area (Å²) in [6, 6.07) is 14.8. The Bertz CT molecular complexity index is 1030. The Morgan fingerprint density at radius 2 is 1.56 bits per heavy atom. The van der Waals surface area contributed by atoms with Gasteiger partial charge in [0.2, 0.25) is 5.95 Å². The predicted octanol–water partition coefficient (Wildman–Crippen LogP) is 4.09. The van der Waals surface area contributed by atoms with Gasteiger partial charge in [-0.2, -0.15) is 4.98 Å². The molecule has 0 aliphatic rings. The van der Waals surface area contributed by atoms with E-state index in [0.29, 0.717) is 42.0 Å². The van der Waals surface area contributed by atoms with Crippen molar-refractivity contribution < 1.29 is 14.3 Å². The van der Waals surface area contributed by atoms with E-state index >= 15 is 0 Å². The second-order valence-electron chi connectivity index (χ2n) is 7.12. The highest BCUT2D eigenvalue weighted by Crippen LogP contribution is 2.25. The molecule has 4 N–H and O–H groups in total. The van der Waals surface area contributed by atoms with Gasteiger partial charge in [-0.25, -0.2) is 9.78 Å². The molecule has 0 unspecified atom stereocenters. The Morgan fingerprint density at radius 1 is 0.875 bits per heavy atom. The number of hydrogen-bond acceptors (Lipinski definition) is 7. The number of amides is 2. The molecule has 0 aliphatic carbocycles. The summed E-state index contributed by atoms with van der Waals surface area (Å²) in [5.74, 6) is 2.36. The van der Waals surface area contributed by atoms with Crippen molar-refractivity contribution in [2.45, 2.75) is 13.8 Å². The number of carbonyl (C=O) groups excluding carboxylic acids is 1. The molecule has 2 aromatic carbocycles. The van der Waals surface area contributed by atoms with Crippen LogP contribution in [-0.2, 0) is 0 Å². The van der Waals surface area contributed by atoms with Crippen molar-refractivity contribution in [2.24, 2.45) is 0 Å². The van der Waals surface area contributed by atoms with Crippen LogP contribution in [0.15, 0.2) is 48.5 Å². The largest absolute Gasteiger partial charge is 0.497 e. The minimum atomic E-state index is -0.339. The second-order valence-corrected chi connectivity index (χ2v) is 7.12. The highest BCUT2D eigenvalue weighted by molar-refractivity contribution is 5.89. The fourth-order valence-corrected chi connectivity index (χ4v) is 2.90. The van der Waals surface area contributed by atoms with Gasteiger partial charge >= 0.3 is 6.03 Å². The summed E-state index contributed by atoms with van der Waals surface area (Å²) in [5.41, 5.74) is 3.54. The first-order valence-electron chi connectivity index (χ1n) is 10.2. The van der Waals surface area contributed by atoms with Gasteiger partial charge in [0.1, 0.15) is 17.3 Å². The third-order valence-corrected chi connectivity index (χ3v) is 4.48. The number of hydrogen-bond donors (Lipinski definition) is 4. The fraction of sp³-hybridized carbons (Fsp3) is 0.261. The fourth-order valence-electron chi connectivity index (χ4n) is 2.90. The lowest BCUT2D eigenvalue weighted by atomic mass is 10.2. The third-order valence-electron chi connectivity index (χ3n) is 4.48. The predicted molar refractivity (Wildman–Crippen MR) is 126 cm³/mol. The smallest absolute Gasteiger partial charge is 0.319 e. The molecule has 2 amide bonds. The van der Waals surface area contributed by atoms with Gasteiger partial charge in [-0.3, -0.25) is 0 Å². The van der Waals surface area contributed by atoms with Crippen molar-refractivity contribution in [2.75, 3.05) is 43.3 Å². The van der Waals surface area contributed by atoms with Crippen molar-refractivity contribution in [1.29, 1.82) is 0 Å². The minimum absolute atomic E-state index is 0.339. The van der Waals surface area contributed by atoms with Crippen molar-refractivity contribution in [1.82, 2.24) is 15.3 Å². The summed E-state index contributed by atoms with van der Waals surface area (Å²) in [6.45, 7) is 4.79. The molecule has 0 saturated heterocycles. The van der Waals surface area contributed by atoms with Crippen molar-refractivity contribution >= 4 is 29.2 Å². The zero-order valence-electron chi connectivity index (χ0n) is 18.7. The number of urea groups is 1. The first kappa shape index (κ1) is 22.7. The first-order chi connectivity index (χ1) is 15.4. The summed E-state index contributed by atoms with van der Waals surface area (Å²) >= 11 is 0. The molecule has 0 saturated carbocycles. The number of methoxy groups -OCH3 is 2. The Balaban J connectivity index is 1.49. The molecule has 9 heteroatoms. The maximum atomic E-state index is 12.2. The van der Waals surface area contributed by atoms with Crippen LogP contribution in [-0.4, -0.2) is 43.3 Å². The molecular formula is C23H28N6O3. The van der Waals surface area contributed by atoms with Crippen LogP contribution < -0.4 is 30.7 Å². The van der Waals surface area contributed by atoms with E-state index in [1.165, 1.54) is 5.56 Å². The standard InChI is InChI=1S/C23H28N6O3/c1-15-5-7-17(8-6-15)27-21-11-16(2)26-22(29-21)24-9-10-25-23(30)28-18-12-19(31-3)14-20(13-18)32-4/h5-8,11-14H,9-10H2,1-4H3,(H2,25,28,30)(H2,24,26,27,29). The maximum Gasteiger partial charge on any atom is 0.319 e. The average molecular weight is 437 g/mol. The number of benzene rings is 2. The minimum Gasteiger partial charge on any atom is -0.497 e. The lowest BCUT2D eigenvalue weighted by Gasteiger charge is -2.12. The number of ether oxygens (including phenoxy) is 2. The SMILES string of the molecule is COc1cc(NC(=O)NCCNc2nc(C)cc(Nc3ccc(C)cc3)n2)cc(OC)c1. The average Bonchev–Trinajstić information content (AvgIpc) is 2.77. The number of rotatable bonds is 9. The molecule has 168 valence electrons. The first-order valence-corrected chi connectivity index (χ1v) is 10.2.